The normalized spacial score (nSPS) is 13.0. The van der Waals surface area contributed by atoms with Gasteiger partial charge in [-0.25, -0.2) is 14.4 Å². The number of aromatic nitrogens is 2. The van der Waals surface area contributed by atoms with Crippen LogP contribution in [0.2, 0.25) is 0 Å². The molecular weight excluding hydrogens is 147 g/mol. The van der Waals surface area contributed by atoms with Crippen LogP contribution in [0, 0.1) is 6.92 Å². The van der Waals surface area contributed by atoms with Gasteiger partial charge in [-0.1, -0.05) is 0 Å². The van der Waals surface area contributed by atoms with E-state index in [1.807, 2.05) is 0 Å². The van der Waals surface area contributed by atoms with Gasteiger partial charge in [0.15, 0.2) is 0 Å². The van der Waals surface area contributed by atoms with Gasteiger partial charge >= 0.3 is 0 Å². The highest BCUT2D eigenvalue weighted by atomic mass is 19.1. The first kappa shape index (κ1) is 8.07. The fourth-order valence-corrected chi connectivity index (χ4v) is 0.719. The Balaban J connectivity index is 2.66. The summed E-state index contributed by atoms with van der Waals surface area (Å²) >= 11 is 0. The zero-order valence-electron chi connectivity index (χ0n) is 6.16. The first-order chi connectivity index (χ1) is 5.18. The molecule has 0 aliphatic rings. The number of halogens is 1. The van der Waals surface area contributed by atoms with Crippen LogP contribution in [0.5, 0.6) is 0 Å². The molecule has 60 valence electrons. The minimum Gasteiger partial charge on any atom is -0.364 e. The summed E-state index contributed by atoms with van der Waals surface area (Å²) < 4.78 is 12.0. The van der Waals surface area contributed by atoms with Crippen molar-refractivity contribution in [1.29, 1.82) is 0 Å². The summed E-state index contributed by atoms with van der Waals surface area (Å²) in [4.78, 5) is 7.69. The van der Waals surface area contributed by atoms with Gasteiger partial charge in [0.05, 0.1) is 0 Å². The molecule has 1 N–H and O–H groups in total. The summed E-state index contributed by atoms with van der Waals surface area (Å²) in [6.07, 6.45) is 1.15. The van der Waals surface area contributed by atoms with Crippen molar-refractivity contribution in [2.45, 2.75) is 19.7 Å². The predicted octanol–water partition coefficient (Wildman–Crippen LogP) is 0.615. The minimum absolute atomic E-state index is 0.0414. The number of aliphatic hydroxyl groups excluding tert-OH is 1. The standard InChI is InChI=1S/C7H9FN2O/c1-5-9-3-6(4-10-5)2-7(8)11/h3-4,7,11H,2H2,1H3. The fourth-order valence-electron chi connectivity index (χ4n) is 0.719. The maximum absolute atomic E-state index is 12.0. The Morgan fingerprint density at radius 2 is 2.09 bits per heavy atom. The monoisotopic (exact) mass is 156 g/mol. The first-order valence-corrected chi connectivity index (χ1v) is 3.28. The summed E-state index contributed by atoms with van der Waals surface area (Å²) in [6, 6.07) is 0. The quantitative estimate of drug-likeness (QED) is 0.682. The molecule has 3 nitrogen and oxygen atoms in total. The van der Waals surface area contributed by atoms with Crippen molar-refractivity contribution < 1.29 is 9.50 Å². The van der Waals surface area contributed by atoms with E-state index in [-0.39, 0.29) is 6.42 Å². The van der Waals surface area contributed by atoms with E-state index in [0.717, 1.165) is 0 Å². The lowest BCUT2D eigenvalue weighted by atomic mass is 10.2. The lowest BCUT2D eigenvalue weighted by Gasteiger charge is -1.99. The van der Waals surface area contributed by atoms with E-state index in [0.29, 0.717) is 11.4 Å². The number of alkyl halides is 1. The number of aliphatic hydroxyl groups is 1. The van der Waals surface area contributed by atoms with Crippen molar-refractivity contribution in [2.75, 3.05) is 0 Å². The largest absolute Gasteiger partial charge is 0.364 e. The highest BCUT2D eigenvalue weighted by molar-refractivity contribution is 5.05. The highest BCUT2D eigenvalue weighted by Gasteiger charge is 2.01. The second kappa shape index (κ2) is 3.39. The van der Waals surface area contributed by atoms with Crippen molar-refractivity contribution in [3.63, 3.8) is 0 Å². The molecule has 0 radical (unpaired) electrons. The molecule has 4 heteroatoms. The Hall–Kier alpha value is -1.03. The molecule has 0 aliphatic heterocycles. The summed E-state index contributed by atoms with van der Waals surface area (Å²) in [5.74, 6) is 0.641. The van der Waals surface area contributed by atoms with Crippen LogP contribution in [-0.4, -0.2) is 21.4 Å². The molecule has 1 aromatic heterocycles. The third-order valence-corrected chi connectivity index (χ3v) is 1.24. The number of rotatable bonds is 2. The van der Waals surface area contributed by atoms with Gasteiger partial charge in [-0.15, -0.1) is 0 Å². The van der Waals surface area contributed by atoms with Crippen LogP contribution in [0.3, 0.4) is 0 Å². The molecule has 1 rings (SSSR count). The number of nitrogens with zero attached hydrogens (tertiary/aromatic N) is 2. The van der Waals surface area contributed by atoms with E-state index < -0.39 is 6.36 Å². The van der Waals surface area contributed by atoms with Crippen LogP contribution >= 0.6 is 0 Å². The molecule has 1 atom stereocenters. The van der Waals surface area contributed by atoms with Crippen molar-refractivity contribution in [3.8, 4) is 0 Å². The third-order valence-electron chi connectivity index (χ3n) is 1.24. The molecule has 0 aromatic carbocycles. The molecule has 0 spiro atoms. The van der Waals surface area contributed by atoms with Gasteiger partial charge in [-0.3, -0.25) is 0 Å². The Morgan fingerprint density at radius 1 is 1.55 bits per heavy atom. The zero-order chi connectivity index (χ0) is 8.27. The van der Waals surface area contributed by atoms with Gasteiger partial charge in [0.2, 0.25) is 6.36 Å². The van der Waals surface area contributed by atoms with E-state index in [9.17, 15) is 4.39 Å². The van der Waals surface area contributed by atoms with E-state index >= 15 is 0 Å². The van der Waals surface area contributed by atoms with Gasteiger partial charge in [-0.05, 0) is 12.5 Å². The van der Waals surface area contributed by atoms with Gasteiger partial charge in [0.1, 0.15) is 5.82 Å². The maximum atomic E-state index is 12.0. The average Bonchev–Trinajstić information content (AvgIpc) is 1.93. The zero-order valence-corrected chi connectivity index (χ0v) is 6.16. The van der Waals surface area contributed by atoms with E-state index in [1.54, 1.807) is 6.92 Å². The molecule has 0 amide bonds. The van der Waals surface area contributed by atoms with Crippen LogP contribution in [0.25, 0.3) is 0 Å². The summed E-state index contributed by atoms with van der Waals surface area (Å²) in [7, 11) is 0. The Kier molecular flexibility index (Phi) is 2.48. The molecule has 1 unspecified atom stereocenters. The van der Waals surface area contributed by atoms with Gasteiger partial charge in [0, 0.05) is 18.8 Å². The third kappa shape index (κ3) is 2.59. The van der Waals surface area contributed by atoms with E-state index in [2.05, 4.69) is 9.97 Å². The predicted molar refractivity (Wildman–Crippen MR) is 37.6 cm³/mol. The lowest BCUT2D eigenvalue weighted by Crippen LogP contribution is -2.03. The Bertz CT molecular complexity index is 222. The van der Waals surface area contributed by atoms with Gasteiger partial charge in [-0.2, -0.15) is 0 Å². The van der Waals surface area contributed by atoms with Crippen molar-refractivity contribution >= 4 is 0 Å². The summed E-state index contributed by atoms with van der Waals surface area (Å²) in [6.45, 7) is 1.75. The number of hydrogen-bond acceptors (Lipinski definition) is 3. The average molecular weight is 156 g/mol. The van der Waals surface area contributed by atoms with Crippen LogP contribution in [-0.2, 0) is 6.42 Å². The second-order valence-electron chi connectivity index (χ2n) is 2.28. The SMILES string of the molecule is Cc1ncc(CC(O)F)cn1. The Morgan fingerprint density at radius 3 is 2.55 bits per heavy atom. The lowest BCUT2D eigenvalue weighted by molar-refractivity contribution is 0.0428. The summed E-state index contributed by atoms with van der Waals surface area (Å²) in [5, 5.41) is 8.35. The minimum atomic E-state index is -1.82. The number of hydrogen-bond donors (Lipinski definition) is 1. The van der Waals surface area contributed by atoms with Crippen molar-refractivity contribution in [3.05, 3.63) is 23.8 Å². The topological polar surface area (TPSA) is 46.0 Å². The molecule has 0 fully saturated rings. The van der Waals surface area contributed by atoms with Crippen LogP contribution in [0.15, 0.2) is 12.4 Å². The van der Waals surface area contributed by atoms with Crippen molar-refractivity contribution in [2.24, 2.45) is 0 Å². The van der Waals surface area contributed by atoms with Crippen LogP contribution in [0.1, 0.15) is 11.4 Å². The van der Waals surface area contributed by atoms with Gasteiger partial charge < -0.3 is 5.11 Å². The molecule has 1 heterocycles. The van der Waals surface area contributed by atoms with Gasteiger partial charge in [0.25, 0.3) is 0 Å². The molecule has 0 saturated heterocycles. The Labute approximate surface area is 63.9 Å². The molecule has 11 heavy (non-hydrogen) atoms. The summed E-state index contributed by atoms with van der Waals surface area (Å²) in [5.41, 5.74) is 0.602. The molecule has 1 aromatic rings. The van der Waals surface area contributed by atoms with E-state index in [1.165, 1.54) is 12.4 Å². The molecule has 0 aliphatic carbocycles. The van der Waals surface area contributed by atoms with Crippen LogP contribution < -0.4 is 0 Å². The maximum Gasteiger partial charge on any atom is 0.200 e. The second-order valence-corrected chi connectivity index (χ2v) is 2.28. The van der Waals surface area contributed by atoms with Crippen LogP contribution in [0.4, 0.5) is 4.39 Å². The number of aryl methyl sites for hydroxylation is 1. The smallest absolute Gasteiger partial charge is 0.200 e. The van der Waals surface area contributed by atoms with E-state index in [4.69, 9.17) is 5.11 Å². The molecule has 0 saturated carbocycles. The molecule has 0 bridgehead atoms. The highest BCUT2D eigenvalue weighted by Crippen LogP contribution is 2.00. The molecular formula is C7H9FN2O. The van der Waals surface area contributed by atoms with Crippen molar-refractivity contribution in [1.82, 2.24) is 9.97 Å². The first-order valence-electron chi connectivity index (χ1n) is 3.28. The fraction of sp³-hybridized carbons (Fsp3) is 0.429.